The van der Waals surface area contributed by atoms with Gasteiger partial charge in [-0.25, -0.2) is 9.29 Å². The van der Waals surface area contributed by atoms with Crippen molar-refractivity contribution in [1.29, 1.82) is 0 Å². The summed E-state index contributed by atoms with van der Waals surface area (Å²) in [6.45, 7) is 3.58. The summed E-state index contributed by atoms with van der Waals surface area (Å²) in [5.41, 5.74) is 0.803. The van der Waals surface area contributed by atoms with Gasteiger partial charge >= 0.3 is 0 Å². The second kappa shape index (κ2) is 4.52. The van der Waals surface area contributed by atoms with E-state index in [-0.39, 0.29) is 11.8 Å². The van der Waals surface area contributed by atoms with Crippen molar-refractivity contribution in [3.05, 3.63) is 65.5 Å². The third-order valence-electron chi connectivity index (χ3n) is 3.86. The average molecular weight is 283 g/mol. The fourth-order valence-electron chi connectivity index (χ4n) is 2.65. The monoisotopic (exact) mass is 283 g/mol. The molecule has 1 heterocycles. The molecular weight excluding hydrogens is 269 g/mol. The van der Waals surface area contributed by atoms with E-state index in [0.29, 0.717) is 11.3 Å². The summed E-state index contributed by atoms with van der Waals surface area (Å²) < 4.78 is 13.1. The van der Waals surface area contributed by atoms with E-state index in [1.54, 1.807) is 32.0 Å². The van der Waals surface area contributed by atoms with Gasteiger partial charge < -0.3 is 0 Å². The molecule has 0 atom stereocenters. The van der Waals surface area contributed by atoms with Crippen molar-refractivity contribution in [2.75, 3.05) is 4.90 Å². The van der Waals surface area contributed by atoms with Crippen LogP contribution in [-0.2, 0) is 10.2 Å². The first kappa shape index (κ1) is 13.5. The Bertz CT molecular complexity index is 735. The molecule has 3 nitrogen and oxygen atoms in total. The first-order valence-corrected chi connectivity index (χ1v) is 6.67. The number of rotatable bonds is 1. The number of hydrogen-bond donors (Lipinski definition) is 0. The number of imide groups is 1. The molecular formula is C17H14FNO2. The third kappa shape index (κ3) is 1.95. The predicted molar refractivity (Wildman–Crippen MR) is 77.7 cm³/mol. The van der Waals surface area contributed by atoms with Crippen LogP contribution in [0, 0.1) is 5.82 Å². The van der Waals surface area contributed by atoms with Gasteiger partial charge in [-0.05, 0) is 49.7 Å². The van der Waals surface area contributed by atoms with Crippen LogP contribution in [0.25, 0.3) is 0 Å². The summed E-state index contributed by atoms with van der Waals surface area (Å²) in [7, 11) is 0. The molecule has 21 heavy (non-hydrogen) atoms. The third-order valence-corrected chi connectivity index (χ3v) is 3.86. The lowest BCUT2D eigenvalue weighted by Gasteiger charge is -2.37. The summed E-state index contributed by atoms with van der Waals surface area (Å²) >= 11 is 0. The number of fused-ring (bicyclic) bond motifs is 1. The Hall–Kier alpha value is -2.49. The molecule has 4 heteroatoms. The van der Waals surface area contributed by atoms with Crippen molar-refractivity contribution in [1.82, 2.24) is 0 Å². The lowest BCUT2D eigenvalue weighted by atomic mass is 9.77. The molecule has 0 saturated heterocycles. The Balaban J connectivity index is 2.18. The van der Waals surface area contributed by atoms with Gasteiger partial charge in [-0.3, -0.25) is 9.59 Å². The van der Waals surface area contributed by atoms with Crippen molar-refractivity contribution in [3.63, 3.8) is 0 Å². The van der Waals surface area contributed by atoms with Crippen molar-refractivity contribution in [2.45, 2.75) is 19.3 Å². The van der Waals surface area contributed by atoms with E-state index in [0.717, 1.165) is 10.5 Å². The Morgan fingerprint density at radius 2 is 1.57 bits per heavy atom. The van der Waals surface area contributed by atoms with Gasteiger partial charge in [-0.2, -0.15) is 0 Å². The zero-order chi connectivity index (χ0) is 15.2. The molecule has 1 aliphatic rings. The Kier molecular flexibility index (Phi) is 2.90. The molecule has 2 amide bonds. The smallest absolute Gasteiger partial charge is 0.265 e. The largest absolute Gasteiger partial charge is 0.273 e. The number of amides is 2. The predicted octanol–water partition coefficient (Wildman–Crippen LogP) is 3.29. The van der Waals surface area contributed by atoms with Gasteiger partial charge in [-0.15, -0.1) is 0 Å². The van der Waals surface area contributed by atoms with E-state index in [9.17, 15) is 14.0 Å². The average Bonchev–Trinajstić information content (AvgIpc) is 2.48. The quantitative estimate of drug-likeness (QED) is 0.753. The highest BCUT2D eigenvalue weighted by Gasteiger charge is 2.44. The maximum Gasteiger partial charge on any atom is 0.265 e. The number of nitrogens with zero attached hydrogens (tertiary/aromatic N) is 1. The molecule has 0 fully saturated rings. The number of halogens is 1. The van der Waals surface area contributed by atoms with Crippen molar-refractivity contribution in [3.8, 4) is 0 Å². The number of benzene rings is 2. The summed E-state index contributed by atoms with van der Waals surface area (Å²) in [4.78, 5) is 26.5. The Labute approximate surface area is 122 Å². The highest BCUT2D eigenvalue weighted by Crippen LogP contribution is 2.36. The first-order chi connectivity index (χ1) is 9.93. The van der Waals surface area contributed by atoms with E-state index in [1.807, 2.05) is 6.07 Å². The van der Waals surface area contributed by atoms with Gasteiger partial charge in [0.25, 0.3) is 5.91 Å². The van der Waals surface area contributed by atoms with Crippen molar-refractivity contribution >= 4 is 17.5 Å². The van der Waals surface area contributed by atoms with Crippen LogP contribution in [0.1, 0.15) is 29.8 Å². The van der Waals surface area contributed by atoms with E-state index in [2.05, 4.69) is 0 Å². The molecule has 0 unspecified atom stereocenters. The van der Waals surface area contributed by atoms with Gasteiger partial charge in [0.2, 0.25) is 5.91 Å². The first-order valence-electron chi connectivity index (χ1n) is 6.67. The van der Waals surface area contributed by atoms with Crippen molar-refractivity contribution in [2.24, 2.45) is 0 Å². The lowest BCUT2D eigenvalue weighted by molar-refractivity contribution is -0.122. The summed E-state index contributed by atoms with van der Waals surface area (Å²) in [5.74, 6) is -1.09. The molecule has 0 bridgehead atoms. The highest BCUT2D eigenvalue weighted by atomic mass is 19.1. The van der Waals surface area contributed by atoms with Crippen LogP contribution in [0.3, 0.4) is 0 Å². The minimum Gasteiger partial charge on any atom is -0.273 e. The van der Waals surface area contributed by atoms with Crippen LogP contribution in [-0.4, -0.2) is 11.8 Å². The number of hydrogen-bond acceptors (Lipinski definition) is 2. The topological polar surface area (TPSA) is 37.4 Å². The highest BCUT2D eigenvalue weighted by molar-refractivity contribution is 6.27. The number of anilines is 1. The van der Waals surface area contributed by atoms with Gasteiger partial charge in [-0.1, -0.05) is 18.2 Å². The van der Waals surface area contributed by atoms with Gasteiger partial charge in [0.15, 0.2) is 0 Å². The molecule has 0 saturated carbocycles. The summed E-state index contributed by atoms with van der Waals surface area (Å²) in [6, 6.07) is 12.5. The summed E-state index contributed by atoms with van der Waals surface area (Å²) in [6.07, 6.45) is 0. The van der Waals surface area contributed by atoms with E-state index in [4.69, 9.17) is 0 Å². The van der Waals surface area contributed by atoms with Gasteiger partial charge in [0.1, 0.15) is 5.82 Å². The van der Waals surface area contributed by atoms with E-state index >= 15 is 0 Å². The van der Waals surface area contributed by atoms with Crippen LogP contribution < -0.4 is 4.90 Å². The molecule has 0 radical (unpaired) electrons. The lowest BCUT2D eigenvalue weighted by Crippen LogP contribution is -2.52. The minimum absolute atomic E-state index is 0.308. The van der Waals surface area contributed by atoms with Gasteiger partial charge in [0, 0.05) is 5.56 Å². The fourth-order valence-corrected chi connectivity index (χ4v) is 2.65. The summed E-state index contributed by atoms with van der Waals surface area (Å²) in [5, 5.41) is 0. The Morgan fingerprint density at radius 3 is 2.24 bits per heavy atom. The van der Waals surface area contributed by atoms with Crippen LogP contribution in [0.2, 0.25) is 0 Å². The molecule has 0 spiro atoms. The minimum atomic E-state index is -0.807. The SMILES string of the molecule is CC1(C)C(=O)N(c2ccc(F)cc2)C(=O)c2ccccc21. The van der Waals surface area contributed by atoms with E-state index < -0.39 is 11.2 Å². The molecule has 0 N–H and O–H groups in total. The van der Waals surface area contributed by atoms with Gasteiger partial charge in [0.05, 0.1) is 11.1 Å². The van der Waals surface area contributed by atoms with Crippen LogP contribution in [0.4, 0.5) is 10.1 Å². The van der Waals surface area contributed by atoms with Crippen LogP contribution in [0.15, 0.2) is 48.5 Å². The number of carbonyl (C=O) groups excluding carboxylic acids is 2. The molecule has 2 aromatic carbocycles. The van der Waals surface area contributed by atoms with E-state index in [1.165, 1.54) is 24.3 Å². The fraction of sp³-hybridized carbons (Fsp3) is 0.176. The number of carbonyl (C=O) groups is 2. The normalized spacial score (nSPS) is 16.8. The molecule has 3 rings (SSSR count). The molecule has 106 valence electrons. The molecule has 0 aromatic heterocycles. The molecule has 2 aromatic rings. The zero-order valence-electron chi connectivity index (χ0n) is 11.8. The van der Waals surface area contributed by atoms with Crippen LogP contribution >= 0.6 is 0 Å². The standard InChI is InChI=1S/C17H14FNO2/c1-17(2)14-6-4-3-5-13(14)15(20)19(16(17)21)12-9-7-11(18)8-10-12/h3-10H,1-2H3. The zero-order valence-corrected chi connectivity index (χ0v) is 11.8. The maximum absolute atomic E-state index is 13.1. The molecule has 1 aliphatic heterocycles. The second-order valence-corrected chi connectivity index (χ2v) is 5.59. The second-order valence-electron chi connectivity index (χ2n) is 5.59. The molecule has 0 aliphatic carbocycles. The Morgan fingerprint density at radius 1 is 0.952 bits per heavy atom. The van der Waals surface area contributed by atoms with Crippen molar-refractivity contribution < 1.29 is 14.0 Å². The maximum atomic E-state index is 13.1. The van der Waals surface area contributed by atoms with Crippen LogP contribution in [0.5, 0.6) is 0 Å².